The summed E-state index contributed by atoms with van der Waals surface area (Å²) in [5.74, 6) is 2.51. The first-order valence-electron chi connectivity index (χ1n) is 6.73. The highest BCUT2D eigenvalue weighted by atomic mass is 32.2. The van der Waals surface area contributed by atoms with E-state index in [0.717, 1.165) is 28.9 Å². The third-order valence-corrected chi connectivity index (χ3v) is 4.64. The van der Waals surface area contributed by atoms with Crippen LogP contribution in [0.5, 0.6) is 0 Å². The lowest BCUT2D eigenvalue weighted by Crippen LogP contribution is -2.18. The third-order valence-electron chi connectivity index (χ3n) is 3.65. The lowest BCUT2D eigenvalue weighted by molar-refractivity contribution is 0.417. The van der Waals surface area contributed by atoms with Crippen LogP contribution in [0.3, 0.4) is 0 Å². The van der Waals surface area contributed by atoms with E-state index in [1.165, 1.54) is 32.1 Å². The SMILES string of the molecule is NCCC1=Nn2c(nnc2C2CCCCC2)SC1. The lowest BCUT2D eigenvalue weighted by Gasteiger charge is -2.21. The van der Waals surface area contributed by atoms with Gasteiger partial charge >= 0.3 is 0 Å². The smallest absolute Gasteiger partial charge is 0.212 e. The van der Waals surface area contributed by atoms with E-state index >= 15 is 0 Å². The number of nitrogens with zero attached hydrogens (tertiary/aromatic N) is 4. The Morgan fingerprint density at radius 1 is 1.22 bits per heavy atom. The molecule has 1 aromatic rings. The molecule has 2 aliphatic rings. The van der Waals surface area contributed by atoms with Crippen LogP contribution in [0, 0.1) is 0 Å². The molecule has 1 saturated carbocycles. The quantitative estimate of drug-likeness (QED) is 0.907. The maximum absolute atomic E-state index is 5.60. The van der Waals surface area contributed by atoms with Gasteiger partial charge in [0.25, 0.3) is 0 Å². The highest BCUT2D eigenvalue weighted by Crippen LogP contribution is 2.34. The summed E-state index contributed by atoms with van der Waals surface area (Å²) in [4.78, 5) is 0. The van der Waals surface area contributed by atoms with Crippen molar-refractivity contribution in [1.29, 1.82) is 0 Å². The van der Waals surface area contributed by atoms with Gasteiger partial charge in [-0.15, -0.1) is 10.2 Å². The van der Waals surface area contributed by atoms with Gasteiger partial charge in [0.1, 0.15) is 0 Å². The fraction of sp³-hybridized carbons (Fsp3) is 0.750. The summed E-state index contributed by atoms with van der Waals surface area (Å²) in [6.45, 7) is 0.662. The van der Waals surface area contributed by atoms with Crippen LogP contribution in [0.2, 0.25) is 0 Å². The zero-order valence-electron chi connectivity index (χ0n) is 10.5. The molecule has 18 heavy (non-hydrogen) atoms. The van der Waals surface area contributed by atoms with Gasteiger partial charge < -0.3 is 5.73 Å². The molecule has 2 N–H and O–H groups in total. The summed E-state index contributed by atoms with van der Waals surface area (Å²) in [5, 5.41) is 14.3. The predicted molar refractivity (Wildman–Crippen MR) is 73.1 cm³/mol. The van der Waals surface area contributed by atoms with Gasteiger partial charge in [-0.1, -0.05) is 31.0 Å². The highest BCUT2D eigenvalue weighted by molar-refractivity contribution is 7.99. The Kier molecular flexibility index (Phi) is 3.65. The molecule has 5 nitrogen and oxygen atoms in total. The van der Waals surface area contributed by atoms with Crippen molar-refractivity contribution in [2.75, 3.05) is 12.3 Å². The second kappa shape index (κ2) is 5.40. The second-order valence-corrected chi connectivity index (χ2v) is 5.92. The van der Waals surface area contributed by atoms with Gasteiger partial charge in [0.2, 0.25) is 5.16 Å². The molecule has 1 fully saturated rings. The molecule has 2 heterocycles. The number of thioether (sulfide) groups is 1. The van der Waals surface area contributed by atoms with E-state index in [1.807, 2.05) is 4.68 Å². The molecule has 0 spiro atoms. The topological polar surface area (TPSA) is 69.1 Å². The van der Waals surface area contributed by atoms with Crippen LogP contribution in [0.25, 0.3) is 0 Å². The van der Waals surface area contributed by atoms with Gasteiger partial charge in [0, 0.05) is 18.1 Å². The van der Waals surface area contributed by atoms with Crippen molar-refractivity contribution in [3.8, 4) is 0 Å². The van der Waals surface area contributed by atoms with Crippen molar-refractivity contribution in [2.24, 2.45) is 10.8 Å². The summed E-state index contributed by atoms with van der Waals surface area (Å²) in [6, 6.07) is 0. The van der Waals surface area contributed by atoms with Gasteiger partial charge in [-0.25, -0.2) is 0 Å². The van der Waals surface area contributed by atoms with Gasteiger partial charge in [-0.2, -0.15) is 9.78 Å². The zero-order valence-corrected chi connectivity index (χ0v) is 11.3. The molecule has 3 rings (SSSR count). The average Bonchev–Trinajstić information content (AvgIpc) is 2.83. The summed E-state index contributed by atoms with van der Waals surface area (Å²) >= 11 is 1.72. The van der Waals surface area contributed by atoms with Crippen LogP contribution in [0.4, 0.5) is 0 Å². The number of aromatic nitrogens is 3. The lowest BCUT2D eigenvalue weighted by atomic mass is 9.89. The Labute approximate surface area is 111 Å². The van der Waals surface area contributed by atoms with Crippen LogP contribution in [-0.4, -0.2) is 32.9 Å². The standard InChI is InChI=1S/C12H19N5S/c13-7-6-10-8-18-12-15-14-11(17(12)16-10)9-4-2-1-3-5-9/h9H,1-8,13H2. The van der Waals surface area contributed by atoms with Crippen molar-refractivity contribution in [1.82, 2.24) is 14.9 Å². The molecule has 1 aromatic heterocycles. The number of hydrogen-bond acceptors (Lipinski definition) is 5. The highest BCUT2D eigenvalue weighted by Gasteiger charge is 2.25. The molecule has 0 aromatic carbocycles. The van der Waals surface area contributed by atoms with Crippen LogP contribution in [-0.2, 0) is 0 Å². The minimum Gasteiger partial charge on any atom is -0.330 e. The molecule has 0 radical (unpaired) electrons. The Morgan fingerprint density at radius 3 is 2.83 bits per heavy atom. The van der Waals surface area contributed by atoms with E-state index in [-0.39, 0.29) is 0 Å². The van der Waals surface area contributed by atoms with Crippen molar-refractivity contribution in [2.45, 2.75) is 49.6 Å². The summed E-state index contributed by atoms with van der Waals surface area (Å²) < 4.78 is 1.97. The first kappa shape index (κ1) is 12.2. The number of hydrogen-bond donors (Lipinski definition) is 1. The molecule has 98 valence electrons. The Bertz CT molecular complexity index is 447. The molecule has 0 saturated heterocycles. The van der Waals surface area contributed by atoms with Crippen molar-refractivity contribution in [3.63, 3.8) is 0 Å². The minimum atomic E-state index is 0.543. The molecular formula is C12H19N5S. The first-order valence-corrected chi connectivity index (χ1v) is 7.72. The van der Waals surface area contributed by atoms with Crippen molar-refractivity contribution >= 4 is 17.5 Å². The number of fused-ring (bicyclic) bond motifs is 1. The first-order chi connectivity index (χ1) is 8.88. The molecular weight excluding hydrogens is 246 g/mol. The average molecular weight is 265 g/mol. The fourth-order valence-corrected chi connectivity index (χ4v) is 3.54. The van der Waals surface area contributed by atoms with Crippen LogP contribution in [0.1, 0.15) is 50.3 Å². The fourth-order valence-electron chi connectivity index (χ4n) is 2.68. The molecule has 0 amide bonds. The van der Waals surface area contributed by atoms with Crippen LogP contribution in [0.15, 0.2) is 10.3 Å². The van der Waals surface area contributed by atoms with E-state index in [4.69, 9.17) is 5.73 Å². The number of rotatable bonds is 3. The van der Waals surface area contributed by atoms with Gasteiger partial charge in [-0.3, -0.25) is 0 Å². The van der Waals surface area contributed by atoms with Gasteiger partial charge in [0.15, 0.2) is 5.82 Å². The van der Waals surface area contributed by atoms with Crippen LogP contribution >= 0.6 is 11.8 Å². The molecule has 0 bridgehead atoms. The van der Waals surface area contributed by atoms with E-state index in [1.54, 1.807) is 11.8 Å². The predicted octanol–water partition coefficient (Wildman–Crippen LogP) is 1.98. The molecule has 6 heteroatoms. The van der Waals surface area contributed by atoms with E-state index < -0.39 is 0 Å². The summed E-state index contributed by atoms with van der Waals surface area (Å²) in [7, 11) is 0. The normalized spacial score (nSPS) is 20.6. The maximum atomic E-state index is 5.60. The molecule has 1 aliphatic carbocycles. The Balaban J connectivity index is 1.87. The number of nitrogens with two attached hydrogens (primary N) is 1. The van der Waals surface area contributed by atoms with E-state index in [0.29, 0.717) is 12.5 Å². The van der Waals surface area contributed by atoms with E-state index in [2.05, 4.69) is 15.3 Å². The largest absolute Gasteiger partial charge is 0.330 e. The monoisotopic (exact) mass is 265 g/mol. The van der Waals surface area contributed by atoms with E-state index in [9.17, 15) is 0 Å². The van der Waals surface area contributed by atoms with Gasteiger partial charge in [0.05, 0.1) is 5.71 Å². The van der Waals surface area contributed by atoms with Crippen LogP contribution < -0.4 is 5.73 Å². The molecule has 0 unspecified atom stereocenters. The summed E-state index contributed by atoms with van der Waals surface area (Å²) in [5.41, 5.74) is 6.76. The molecule has 0 atom stereocenters. The van der Waals surface area contributed by atoms with Gasteiger partial charge in [-0.05, 0) is 19.4 Å². The van der Waals surface area contributed by atoms with Crippen molar-refractivity contribution in [3.05, 3.63) is 5.82 Å². The Morgan fingerprint density at radius 2 is 2.06 bits per heavy atom. The zero-order chi connectivity index (χ0) is 12.4. The third kappa shape index (κ3) is 2.31. The molecule has 1 aliphatic heterocycles. The summed E-state index contributed by atoms with van der Waals surface area (Å²) in [6.07, 6.45) is 7.29. The maximum Gasteiger partial charge on any atom is 0.212 e. The van der Waals surface area contributed by atoms with Crippen molar-refractivity contribution < 1.29 is 0 Å². The minimum absolute atomic E-state index is 0.543. The Hall–Kier alpha value is -0.880. The second-order valence-electron chi connectivity index (χ2n) is 4.98.